The molecule has 0 rings (SSSR count). The highest BCUT2D eigenvalue weighted by molar-refractivity contribution is 5.85. The second-order valence-corrected chi connectivity index (χ2v) is 4.59. The lowest BCUT2D eigenvalue weighted by molar-refractivity contribution is -0.138. The number of aliphatic hydroxyl groups is 2. The first-order valence-electron chi connectivity index (χ1n) is 7.43. The molecule has 0 aliphatic rings. The van der Waals surface area contributed by atoms with E-state index in [0.29, 0.717) is 24.8 Å². The van der Waals surface area contributed by atoms with Gasteiger partial charge in [-0.2, -0.15) is 0 Å². The van der Waals surface area contributed by atoms with Gasteiger partial charge in [-0.25, -0.2) is 14.4 Å². The van der Waals surface area contributed by atoms with E-state index < -0.39 is 17.9 Å². The van der Waals surface area contributed by atoms with Crippen LogP contribution in [0.1, 0.15) is 33.1 Å². The third-order valence-corrected chi connectivity index (χ3v) is 2.23. The second-order valence-electron chi connectivity index (χ2n) is 4.59. The summed E-state index contributed by atoms with van der Waals surface area (Å²) in [7, 11) is 0. The van der Waals surface area contributed by atoms with Crippen LogP contribution in [0.3, 0.4) is 0 Å². The van der Waals surface area contributed by atoms with E-state index in [2.05, 4.69) is 17.9 Å². The van der Waals surface area contributed by atoms with Gasteiger partial charge in [-0.05, 0) is 26.7 Å². The van der Waals surface area contributed by atoms with E-state index in [1.54, 1.807) is 13.0 Å². The highest BCUT2D eigenvalue weighted by Crippen LogP contribution is 1.97. The summed E-state index contributed by atoms with van der Waals surface area (Å²) in [6.07, 6.45) is 4.45. The summed E-state index contributed by atoms with van der Waals surface area (Å²) in [6.45, 7) is 9.77. The van der Waals surface area contributed by atoms with Crippen LogP contribution in [0.4, 0.5) is 0 Å². The van der Waals surface area contributed by atoms with Crippen molar-refractivity contribution in [3.8, 4) is 0 Å². The molecule has 0 spiro atoms. The number of carbonyl (C=O) groups excluding carboxylic acids is 1. The Bertz CT molecular complexity index is 440. The highest BCUT2D eigenvalue weighted by Gasteiger charge is 1.96. The minimum absolute atomic E-state index is 0.0461. The minimum atomic E-state index is -0.935. The summed E-state index contributed by atoms with van der Waals surface area (Å²) in [4.78, 5) is 30.0. The van der Waals surface area contributed by atoms with Gasteiger partial charge in [0, 0.05) is 36.9 Å². The fourth-order valence-electron chi connectivity index (χ4n) is 0.793. The molecule has 0 amide bonds. The van der Waals surface area contributed by atoms with E-state index in [0.717, 1.165) is 6.08 Å². The monoisotopic (exact) mass is 360 g/mol. The molecule has 4 N–H and O–H groups in total. The molecule has 0 aromatic rings. The summed E-state index contributed by atoms with van der Waals surface area (Å²) >= 11 is 0. The average Bonchev–Trinajstić information content (AvgIpc) is 2.56. The number of carboxylic acid groups (broad SMARTS) is 2. The molecular formula is C17H28O8. The Hall–Kier alpha value is -2.45. The first-order chi connectivity index (χ1) is 11.6. The number of ether oxygens (including phenoxy) is 1. The molecule has 0 saturated heterocycles. The third-order valence-electron chi connectivity index (χ3n) is 2.23. The van der Waals surface area contributed by atoms with Crippen LogP contribution in [0, 0.1) is 0 Å². The normalized spacial score (nSPS) is 9.52. The number of hydrogen-bond donors (Lipinski definition) is 4. The Kier molecular flexibility index (Phi) is 21.5. The lowest BCUT2D eigenvalue weighted by atomic mass is 10.2. The van der Waals surface area contributed by atoms with Crippen molar-refractivity contribution < 1.29 is 39.5 Å². The highest BCUT2D eigenvalue weighted by atomic mass is 16.5. The molecule has 0 aliphatic carbocycles. The summed E-state index contributed by atoms with van der Waals surface area (Å²) in [5.41, 5.74) is 0.517. The molecule has 0 unspecified atom stereocenters. The van der Waals surface area contributed by atoms with Gasteiger partial charge >= 0.3 is 17.9 Å². The van der Waals surface area contributed by atoms with Gasteiger partial charge in [0.1, 0.15) is 0 Å². The topological polar surface area (TPSA) is 141 Å². The van der Waals surface area contributed by atoms with Crippen LogP contribution >= 0.6 is 0 Å². The maximum atomic E-state index is 10.3. The maximum Gasteiger partial charge on any atom is 0.330 e. The largest absolute Gasteiger partial charge is 0.478 e. The van der Waals surface area contributed by atoms with Gasteiger partial charge in [0.25, 0.3) is 0 Å². The minimum Gasteiger partial charge on any atom is -0.478 e. The summed E-state index contributed by atoms with van der Waals surface area (Å²) in [5.74, 6) is -2.27. The van der Waals surface area contributed by atoms with Crippen molar-refractivity contribution in [3.63, 3.8) is 0 Å². The Labute approximate surface area is 147 Å². The van der Waals surface area contributed by atoms with Gasteiger partial charge in [0.15, 0.2) is 0 Å². The quantitative estimate of drug-likeness (QED) is 0.275. The number of rotatable bonds is 9. The number of aliphatic hydroxyl groups excluding tert-OH is 2. The fourth-order valence-corrected chi connectivity index (χ4v) is 0.793. The van der Waals surface area contributed by atoms with E-state index in [9.17, 15) is 14.4 Å². The van der Waals surface area contributed by atoms with Gasteiger partial charge in [-0.15, -0.1) is 0 Å². The van der Waals surface area contributed by atoms with Crippen molar-refractivity contribution in [1.29, 1.82) is 0 Å². The molecule has 0 aliphatic heterocycles. The van der Waals surface area contributed by atoms with E-state index in [1.807, 2.05) is 0 Å². The van der Waals surface area contributed by atoms with Crippen LogP contribution in [-0.2, 0) is 19.1 Å². The fraction of sp³-hybridized carbons (Fsp3) is 0.471. The van der Waals surface area contributed by atoms with E-state index >= 15 is 0 Å². The molecule has 144 valence electrons. The smallest absolute Gasteiger partial charge is 0.330 e. The molecular weight excluding hydrogens is 332 g/mol. The summed E-state index contributed by atoms with van der Waals surface area (Å²) in [5, 5.41) is 32.8. The van der Waals surface area contributed by atoms with Gasteiger partial charge in [0.2, 0.25) is 0 Å². The average molecular weight is 360 g/mol. The molecule has 0 heterocycles. The number of hydrogen-bond acceptors (Lipinski definition) is 6. The van der Waals surface area contributed by atoms with Crippen molar-refractivity contribution in [3.05, 3.63) is 36.5 Å². The number of esters is 1. The Morgan fingerprint density at radius 1 is 1.00 bits per heavy atom. The number of carboxylic acids is 2. The zero-order valence-corrected chi connectivity index (χ0v) is 14.7. The van der Waals surface area contributed by atoms with Crippen LogP contribution in [0.5, 0.6) is 0 Å². The van der Waals surface area contributed by atoms with Crippen LogP contribution in [-0.4, -0.2) is 58.2 Å². The standard InChI is InChI=1S/C7H12O3.C6H10O3.C4H6O2/c1-6(7(9)10)4-2-3-5-8;1-2-6(8)9-5-3-4-7;1-3(2)4(5)6/h4,8H,2-3,5H2,1H3,(H,9,10);2,7H,1,3-5H2;1H2,2H3,(H,5,6). The van der Waals surface area contributed by atoms with Crippen LogP contribution < -0.4 is 0 Å². The third kappa shape index (κ3) is 26.7. The predicted octanol–water partition coefficient (Wildman–Crippen LogP) is 1.53. The number of carbonyl (C=O) groups is 3. The van der Waals surface area contributed by atoms with Gasteiger partial charge in [-0.3, -0.25) is 0 Å². The van der Waals surface area contributed by atoms with Crippen molar-refractivity contribution in [2.45, 2.75) is 33.1 Å². The van der Waals surface area contributed by atoms with E-state index in [-0.39, 0.29) is 25.4 Å². The SMILES string of the molecule is C=C(C)C(=O)O.C=CC(=O)OCCCO.CC(=CCCCO)C(=O)O. The van der Waals surface area contributed by atoms with Gasteiger partial charge in [0.05, 0.1) is 6.61 Å². The number of unbranched alkanes of at least 4 members (excludes halogenated alkanes) is 1. The van der Waals surface area contributed by atoms with Crippen LogP contribution in [0.2, 0.25) is 0 Å². The molecule has 0 aromatic carbocycles. The molecule has 0 fully saturated rings. The van der Waals surface area contributed by atoms with Crippen molar-refractivity contribution >= 4 is 17.9 Å². The lowest BCUT2D eigenvalue weighted by Crippen LogP contribution is -2.02. The number of allylic oxidation sites excluding steroid dienone is 1. The zero-order valence-electron chi connectivity index (χ0n) is 14.7. The zero-order chi connectivity index (χ0) is 20.3. The molecule has 8 nitrogen and oxygen atoms in total. The summed E-state index contributed by atoms with van der Waals surface area (Å²) < 4.78 is 4.51. The van der Waals surface area contributed by atoms with Crippen molar-refractivity contribution in [1.82, 2.24) is 0 Å². The second kappa shape index (κ2) is 19.6. The summed E-state index contributed by atoms with van der Waals surface area (Å²) in [6, 6.07) is 0. The van der Waals surface area contributed by atoms with Crippen molar-refractivity contribution in [2.24, 2.45) is 0 Å². The van der Waals surface area contributed by atoms with Gasteiger partial charge < -0.3 is 25.2 Å². The molecule has 0 aromatic heterocycles. The van der Waals surface area contributed by atoms with Gasteiger partial charge in [-0.1, -0.05) is 19.2 Å². The Balaban J connectivity index is -0.000000300. The van der Waals surface area contributed by atoms with E-state index in [1.165, 1.54) is 6.92 Å². The maximum absolute atomic E-state index is 10.3. The first kappa shape index (κ1) is 27.4. The van der Waals surface area contributed by atoms with Crippen molar-refractivity contribution in [2.75, 3.05) is 19.8 Å². The number of aliphatic carboxylic acids is 2. The van der Waals surface area contributed by atoms with E-state index in [4.69, 9.17) is 20.4 Å². The first-order valence-corrected chi connectivity index (χ1v) is 7.43. The molecule has 0 bridgehead atoms. The molecule has 0 radical (unpaired) electrons. The molecule has 0 saturated carbocycles. The van der Waals surface area contributed by atoms with Crippen LogP contribution in [0.25, 0.3) is 0 Å². The molecule has 0 atom stereocenters. The molecule has 8 heteroatoms. The Morgan fingerprint density at radius 3 is 1.80 bits per heavy atom. The molecule has 25 heavy (non-hydrogen) atoms. The predicted molar refractivity (Wildman–Crippen MR) is 93.0 cm³/mol. The Morgan fingerprint density at radius 2 is 1.48 bits per heavy atom. The lowest BCUT2D eigenvalue weighted by Gasteiger charge is -1.96. The van der Waals surface area contributed by atoms with Crippen LogP contribution in [0.15, 0.2) is 36.5 Å².